The second kappa shape index (κ2) is 11.7. The van der Waals surface area contributed by atoms with Crippen LogP contribution in [0.25, 0.3) is 0 Å². The molecule has 1 aliphatic carbocycles. The molecule has 0 spiro atoms. The van der Waals surface area contributed by atoms with Gasteiger partial charge in [-0.1, -0.05) is 25.2 Å². The summed E-state index contributed by atoms with van der Waals surface area (Å²) < 4.78 is 5.04. The Morgan fingerprint density at radius 2 is 1.88 bits per heavy atom. The van der Waals surface area contributed by atoms with E-state index in [1.165, 1.54) is 12.3 Å². The maximum atomic E-state index is 12.2. The number of amides is 2. The molecular formula is C25H27N3O5. The first-order chi connectivity index (χ1) is 15.9. The van der Waals surface area contributed by atoms with Crippen molar-refractivity contribution < 1.29 is 24.2 Å². The fourth-order valence-electron chi connectivity index (χ4n) is 2.82. The van der Waals surface area contributed by atoms with Gasteiger partial charge >= 0.3 is 5.97 Å². The minimum Gasteiger partial charge on any atom is -0.505 e. The van der Waals surface area contributed by atoms with Gasteiger partial charge in [-0.25, -0.2) is 4.98 Å². The van der Waals surface area contributed by atoms with Crippen molar-refractivity contribution in [2.45, 2.75) is 39.0 Å². The summed E-state index contributed by atoms with van der Waals surface area (Å²) in [7, 11) is 0. The summed E-state index contributed by atoms with van der Waals surface area (Å²) in [5.74, 6) is 4.71. The third-order valence-corrected chi connectivity index (χ3v) is 4.93. The molecule has 0 bridgehead atoms. The first kappa shape index (κ1) is 23.8. The lowest BCUT2D eigenvalue weighted by Gasteiger charge is -2.07. The largest absolute Gasteiger partial charge is 0.505 e. The van der Waals surface area contributed by atoms with Gasteiger partial charge in [0.25, 0.3) is 5.91 Å². The molecular weight excluding hydrogens is 422 g/mol. The molecule has 2 amide bonds. The van der Waals surface area contributed by atoms with Crippen molar-refractivity contribution in [3.8, 4) is 17.6 Å². The fourth-order valence-corrected chi connectivity index (χ4v) is 2.82. The van der Waals surface area contributed by atoms with Gasteiger partial charge in [0, 0.05) is 29.4 Å². The van der Waals surface area contributed by atoms with E-state index in [4.69, 9.17) is 4.74 Å². The third-order valence-electron chi connectivity index (χ3n) is 4.93. The van der Waals surface area contributed by atoms with Crippen LogP contribution >= 0.6 is 0 Å². The van der Waals surface area contributed by atoms with Crippen LogP contribution in [0.2, 0.25) is 0 Å². The Morgan fingerprint density at radius 1 is 1.15 bits per heavy atom. The molecule has 0 saturated heterocycles. The lowest BCUT2D eigenvalue weighted by molar-refractivity contribution is -0.142. The predicted molar refractivity (Wildman–Crippen MR) is 122 cm³/mol. The molecule has 3 rings (SSSR count). The Bertz CT molecular complexity index is 1070. The molecule has 1 aliphatic rings. The molecule has 1 aromatic carbocycles. The minimum atomic E-state index is -0.674. The van der Waals surface area contributed by atoms with Crippen LogP contribution in [0.15, 0.2) is 36.5 Å². The summed E-state index contributed by atoms with van der Waals surface area (Å²) >= 11 is 0. The van der Waals surface area contributed by atoms with Crippen LogP contribution in [0.4, 0.5) is 5.69 Å². The first-order valence-corrected chi connectivity index (χ1v) is 11.0. The molecule has 8 heteroatoms. The number of hydrogen-bond acceptors (Lipinski definition) is 6. The van der Waals surface area contributed by atoms with Crippen molar-refractivity contribution in [1.29, 1.82) is 0 Å². The van der Waals surface area contributed by atoms with Gasteiger partial charge in [-0.15, -0.1) is 0 Å². The highest BCUT2D eigenvalue weighted by Crippen LogP contribution is 2.28. The molecule has 0 unspecified atom stereocenters. The van der Waals surface area contributed by atoms with Crippen molar-refractivity contribution in [1.82, 2.24) is 10.3 Å². The smallest absolute Gasteiger partial charge is 0.325 e. The third kappa shape index (κ3) is 7.96. The molecule has 172 valence electrons. The molecule has 1 aromatic heterocycles. The monoisotopic (exact) mass is 449 g/mol. The zero-order valence-electron chi connectivity index (χ0n) is 18.5. The number of rotatable bonds is 9. The standard InChI is InChI=1S/C25H27N3O5/c1-2-3-4-22(30)28-20-11-9-17(10-12-20)5-8-19-13-21(29)24(26-14-19)25(32)27-15-23(31)33-16-18-6-7-18/h9-14,18,29H,2-4,6-7,15-16H2,1H3,(H,27,32)(H,28,30). The van der Waals surface area contributed by atoms with Crippen molar-refractivity contribution in [2.75, 3.05) is 18.5 Å². The van der Waals surface area contributed by atoms with E-state index in [-0.39, 0.29) is 23.9 Å². The van der Waals surface area contributed by atoms with E-state index in [1.54, 1.807) is 24.3 Å². The van der Waals surface area contributed by atoms with Crippen molar-refractivity contribution in [3.63, 3.8) is 0 Å². The van der Waals surface area contributed by atoms with Gasteiger partial charge < -0.3 is 20.5 Å². The molecule has 1 fully saturated rings. The van der Waals surface area contributed by atoms with Crippen molar-refractivity contribution in [3.05, 3.63) is 53.3 Å². The predicted octanol–water partition coefficient (Wildman–Crippen LogP) is 3.00. The average molecular weight is 450 g/mol. The van der Waals surface area contributed by atoms with Crippen LogP contribution in [-0.4, -0.2) is 41.0 Å². The number of pyridine rings is 1. The maximum Gasteiger partial charge on any atom is 0.325 e. The van der Waals surface area contributed by atoms with Gasteiger partial charge in [-0.2, -0.15) is 0 Å². The molecule has 33 heavy (non-hydrogen) atoms. The molecule has 0 radical (unpaired) electrons. The summed E-state index contributed by atoms with van der Waals surface area (Å²) in [6.45, 7) is 2.12. The van der Waals surface area contributed by atoms with Crippen LogP contribution in [0.3, 0.4) is 0 Å². The number of anilines is 1. The average Bonchev–Trinajstić information content (AvgIpc) is 3.64. The highest BCUT2D eigenvalue weighted by Gasteiger charge is 2.23. The number of nitrogens with zero attached hydrogens (tertiary/aromatic N) is 1. The minimum absolute atomic E-state index is 0.0171. The Morgan fingerprint density at radius 3 is 2.55 bits per heavy atom. The Kier molecular flexibility index (Phi) is 8.42. The van der Waals surface area contributed by atoms with Gasteiger partial charge in [0.05, 0.1) is 6.61 Å². The van der Waals surface area contributed by atoms with Crippen LogP contribution in [0.1, 0.15) is 60.6 Å². The maximum absolute atomic E-state index is 12.2. The molecule has 0 aliphatic heterocycles. The number of aromatic hydroxyl groups is 1. The fraction of sp³-hybridized carbons (Fsp3) is 0.360. The van der Waals surface area contributed by atoms with Crippen molar-refractivity contribution in [2.24, 2.45) is 5.92 Å². The molecule has 1 saturated carbocycles. The second-order valence-corrected chi connectivity index (χ2v) is 7.88. The van der Waals surface area contributed by atoms with E-state index in [0.717, 1.165) is 25.7 Å². The van der Waals surface area contributed by atoms with Gasteiger partial charge in [0.15, 0.2) is 5.69 Å². The van der Waals surface area contributed by atoms with Gasteiger partial charge in [0.1, 0.15) is 12.3 Å². The lowest BCUT2D eigenvalue weighted by Crippen LogP contribution is -2.31. The highest BCUT2D eigenvalue weighted by molar-refractivity contribution is 5.96. The number of ether oxygens (including phenoxy) is 1. The number of aromatic nitrogens is 1. The van der Waals surface area contributed by atoms with Crippen LogP contribution < -0.4 is 10.6 Å². The molecule has 0 atom stereocenters. The molecule has 3 N–H and O–H groups in total. The van der Waals surface area contributed by atoms with E-state index in [2.05, 4.69) is 27.5 Å². The van der Waals surface area contributed by atoms with Crippen LogP contribution in [0.5, 0.6) is 5.75 Å². The van der Waals surface area contributed by atoms with E-state index in [9.17, 15) is 19.5 Å². The Hall–Kier alpha value is -3.86. The normalized spacial score (nSPS) is 12.3. The Labute approximate surface area is 192 Å². The molecule has 2 aromatic rings. The van der Waals surface area contributed by atoms with E-state index in [1.807, 2.05) is 6.92 Å². The Balaban J connectivity index is 1.53. The lowest BCUT2D eigenvalue weighted by atomic mass is 10.1. The van der Waals surface area contributed by atoms with Crippen LogP contribution in [-0.2, 0) is 14.3 Å². The zero-order valence-corrected chi connectivity index (χ0v) is 18.5. The summed E-state index contributed by atoms with van der Waals surface area (Å²) in [4.78, 5) is 39.5. The summed E-state index contributed by atoms with van der Waals surface area (Å²) in [5.41, 5.74) is 1.64. The molecule has 8 nitrogen and oxygen atoms in total. The van der Waals surface area contributed by atoms with Crippen molar-refractivity contribution >= 4 is 23.5 Å². The number of carbonyl (C=O) groups excluding carboxylic acids is 3. The van der Waals surface area contributed by atoms with Crippen LogP contribution in [0, 0.1) is 17.8 Å². The summed E-state index contributed by atoms with van der Waals surface area (Å²) in [6, 6.07) is 8.43. The van der Waals surface area contributed by atoms with E-state index in [0.29, 0.717) is 35.8 Å². The second-order valence-electron chi connectivity index (χ2n) is 7.88. The first-order valence-electron chi connectivity index (χ1n) is 11.0. The number of esters is 1. The summed E-state index contributed by atoms with van der Waals surface area (Å²) in [5, 5.41) is 15.4. The van der Waals surface area contributed by atoms with E-state index >= 15 is 0 Å². The summed E-state index contributed by atoms with van der Waals surface area (Å²) in [6.07, 6.45) is 5.81. The number of benzene rings is 1. The number of hydrogen-bond donors (Lipinski definition) is 3. The van der Waals surface area contributed by atoms with Gasteiger partial charge in [0.2, 0.25) is 5.91 Å². The van der Waals surface area contributed by atoms with Gasteiger partial charge in [-0.05, 0) is 55.5 Å². The van der Waals surface area contributed by atoms with E-state index < -0.39 is 11.9 Å². The van der Waals surface area contributed by atoms with Gasteiger partial charge in [-0.3, -0.25) is 14.4 Å². The SMILES string of the molecule is CCCCC(=O)Nc1ccc(C#Cc2cnc(C(=O)NCC(=O)OCC3CC3)c(O)c2)cc1. The molecule has 1 heterocycles. The highest BCUT2D eigenvalue weighted by atomic mass is 16.5. The number of unbranched alkanes of at least 4 members (excludes halogenated alkanes) is 1. The zero-order chi connectivity index (χ0) is 23.6. The quantitative estimate of drug-likeness (QED) is 0.400. The number of carbonyl (C=O) groups is 3. The topological polar surface area (TPSA) is 118 Å². The number of nitrogens with one attached hydrogen (secondary N) is 2.